The third kappa shape index (κ3) is 4.29. The van der Waals surface area contributed by atoms with Gasteiger partial charge in [0.2, 0.25) is 11.1 Å². The van der Waals surface area contributed by atoms with E-state index in [1.165, 1.54) is 6.29 Å². The molecule has 0 aromatic heterocycles. The van der Waals surface area contributed by atoms with Crippen molar-refractivity contribution in [1.29, 1.82) is 0 Å². The molecule has 0 aliphatic carbocycles. The van der Waals surface area contributed by atoms with E-state index < -0.39 is 10.8 Å². The van der Waals surface area contributed by atoms with E-state index in [-0.39, 0.29) is 0 Å². The summed E-state index contributed by atoms with van der Waals surface area (Å²) in [5.74, 6) is -0.935. The van der Waals surface area contributed by atoms with Crippen molar-refractivity contribution in [3.8, 4) is 0 Å². The first-order chi connectivity index (χ1) is 4.68. The summed E-state index contributed by atoms with van der Waals surface area (Å²) in [6.45, 7) is 0. The highest BCUT2D eigenvalue weighted by Crippen LogP contribution is 2.02. The van der Waals surface area contributed by atoms with Crippen molar-refractivity contribution in [2.75, 3.05) is 0 Å². The highest BCUT2D eigenvalue weighted by atomic mass is 35.5. The Morgan fingerprint density at radius 2 is 2.30 bits per heavy atom. The number of halogens is 2. The van der Waals surface area contributed by atoms with Gasteiger partial charge in [-0.2, -0.15) is 0 Å². The lowest BCUT2D eigenvalue weighted by Gasteiger charge is -1.93. The van der Waals surface area contributed by atoms with Crippen LogP contribution in [0.2, 0.25) is 0 Å². The third-order valence-electron chi connectivity index (χ3n) is 0.426. The van der Waals surface area contributed by atoms with Crippen molar-refractivity contribution in [3.63, 3.8) is 0 Å². The van der Waals surface area contributed by atoms with Crippen molar-refractivity contribution in [2.24, 2.45) is 5.16 Å². The molecule has 0 saturated heterocycles. The second kappa shape index (κ2) is 5.20. The Labute approximate surface area is 66.7 Å². The van der Waals surface area contributed by atoms with Gasteiger partial charge in [0.1, 0.15) is 6.21 Å². The maximum absolute atomic E-state index is 10.3. The van der Waals surface area contributed by atoms with Crippen LogP contribution < -0.4 is 0 Å². The Morgan fingerprint density at radius 1 is 1.70 bits per heavy atom. The minimum atomic E-state index is -1.29. The number of rotatable bonds is 3. The molecule has 55 valence electrons. The fraction of sp³-hybridized carbons (Fsp3) is 0.250. The van der Waals surface area contributed by atoms with Gasteiger partial charge in [-0.05, 0) is 0 Å². The van der Waals surface area contributed by atoms with Gasteiger partial charge in [-0.25, -0.2) is 4.79 Å². The molecule has 0 spiro atoms. The molecule has 10 heavy (non-hydrogen) atoms. The predicted molar refractivity (Wildman–Crippen MR) is 35.8 cm³/mol. The monoisotopic (exact) mass is 182 g/mol. The van der Waals surface area contributed by atoms with Crippen LogP contribution in [0.4, 0.5) is 0 Å². The van der Waals surface area contributed by atoms with Gasteiger partial charge in [-0.15, -0.1) is 0 Å². The van der Waals surface area contributed by atoms with Gasteiger partial charge < -0.3 is 4.84 Å². The van der Waals surface area contributed by atoms with E-state index in [9.17, 15) is 9.59 Å². The molecule has 1 radical (unpaired) electrons. The summed E-state index contributed by atoms with van der Waals surface area (Å²) < 4.78 is 0. The second-order valence-corrected chi connectivity index (χ2v) is 2.16. The molecule has 0 amide bonds. The van der Waals surface area contributed by atoms with Gasteiger partial charge in [-0.3, -0.25) is 4.79 Å². The van der Waals surface area contributed by atoms with E-state index in [0.29, 0.717) is 6.21 Å². The minimum Gasteiger partial charge on any atom is -0.315 e. The summed E-state index contributed by atoms with van der Waals surface area (Å²) in [4.78, 5) is 22.4. The van der Waals surface area contributed by atoms with E-state index in [2.05, 4.69) is 9.99 Å². The van der Waals surface area contributed by atoms with Crippen LogP contribution in [0.3, 0.4) is 0 Å². The lowest BCUT2D eigenvalue weighted by Crippen LogP contribution is -2.08. The number of nitrogens with zero attached hydrogens (tertiary/aromatic N) is 1. The molecule has 0 saturated carbocycles. The molecule has 0 rings (SSSR count). The standard InChI is InChI=1S/C4H2Cl2NO3/c5-3(6)4(9)10-7-1-2-8/h1,3H/b7-1-. The number of alkyl halides is 2. The zero-order valence-corrected chi connectivity index (χ0v) is 6.09. The lowest BCUT2D eigenvalue weighted by atomic mass is 10.8. The summed E-state index contributed by atoms with van der Waals surface area (Å²) >= 11 is 10.1. The number of carbonyl (C=O) groups is 1. The summed E-state index contributed by atoms with van der Waals surface area (Å²) in [5.41, 5.74) is 0. The number of carbonyl (C=O) groups excluding carboxylic acids is 2. The molecular formula is C4H2Cl2NO3. The first-order valence-electron chi connectivity index (χ1n) is 2.07. The molecule has 4 nitrogen and oxygen atoms in total. The van der Waals surface area contributed by atoms with Crippen molar-refractivity contribution in [3.05, 3.63) is 0 Å². The largest absolute Gasteiger partial charge is 0.367 e. The van der Waals surface area contributed by atoms with Crippen LogP contribution in [0.15, 0.2) is 5.16 Å². The molecule has 0 N–H and O–H groups in total. The molecule has 0 bridgehead atoms. The molecule has 0 aromatic rings. The minimum absolute atomic E-state index is 0.633. The molecule has 0 aromatic carbocycles. The molecule has 6 heteroatoms. The normalized spacial score (nSPS) is 10.3. The Balaban J connectivity index is 3.59. The first kappa shape index (κ1) is 9.39. The Bertz CT molecular complexity index is 157. The third-order valence-corrected chi connectivity index (χ3v) is 0.783. The smallest absolute Gasteiger partial charge is 0.315 e. The highest BCUT2D eigenvalue weighted by Gasteiger charge is 2.12. The van der Waals surface area contributed by atoms with Gasteiger partial charge in [0, 0.05) is 0 Å². The zero-order chi connectivity index (χ0) is 7.98. The Hall–Kier alpha value is -0.610. The van der Waals surface area contributed by atoms with Gasteiger partial charge in [-0.1, -0.05) is 28.4 Å². The second-order valence-electron chi connectivity index (χ2n) is 1.06. The van der Waals surface area contributed by atoms with E-state index in [1.54, 1.807) is 0 Å². The van der Waals surface area contributed by atoms with Crippen LogP contribution in [0.25, 0.3) is 0 Å². The predicted octanol–water partition coefficient (Wildman–Crippen LogP) is 0.429. The van der Waals surface area contributed by atoms with Crippen LogP contribution in [-0.2, 0) is 14.4 Å². The Kier molecular flexibility index (Phi) is 4.88. The SMILES string of the molecule is O=[C]/C=N\OC(=O)C(Cl)Cl. The quantitative estimate of drug-likeness (QED) is 0.276. The van der Waals surface area contributed by atoms with Gasteiger partial charge in [0.15, 0.2) is 0 Å². The van der Waals surface area contributed by atoms with Crippen molar-refractivity contribution in [2.45, 2.75) is 4.84 Å². The van der Waals surface area contributed by atoms with E-state index in [1.807, 2.05) is 0 Å². The Morgan fingerprint density at radius 3 is 2.70 bits per heavy atom. The maximum atomic E-state index is 10.3. The number of hydrogen-bond acceptors (Lipinski definition) is 4. The topological polar surface area (TPSA) is 55.7 Å². The van der Waals surface area contributed by atoms with E-state index in [0.717, 1.165) is 0 Å². The molecular weight excluding hydrogens is 181 g/mol. The summed E-state index contributed by atoms with van der Waals surface area (Å²) in [6.07, 6.45) is 1.89. The van der Waals surface area contributed by atoms with Crippen molar-refractivity contribution >= 4 is 41.7 Å². The maximum Gasteiger partial charge on any atom is 0.367 e. The highest BCUT2D eigenvalue weighted by molar-refractivity contribution is 6.52. The number of hydrogen-bond donors (Lipinski definition) is 0. The fourth-order valence-corrected chi connectivity index (χ4v) is 0.219. The van der Waals surface area contributed by atoms with Crippen LogP contribution in [0.1, 0.15) is 0 Å². The van der Waals surface area contributed by atoms with Gasteiger partial charge in [0.05, 0.1) is 0 Å². The van der Waals surface area contributed by atoms with Crippen molar-refractivity contribution < 1.29 is 14.4 Å². The number of oxime groups is 1. The molecule has 0 unspecified atom stereocenters. The van der Waals surface area contributed by atoms with Crippen molar-refractivity contribution in [1.82, 2.24) is 0 Å². The summed E-state index contributed by atoms with van der Waals surface area (Å²) in [5, 5.41) is 2.84. The van der Waals surface area contributed by atoms with Gasteiger partial charge in [0.25, 0.3) is 0 Å². The van der Waals surface area contributed by atoms with E-state index >= 15 is 0 Å². The van der Waals surface area contributed by atoms with E-state index in [4.69, 9.17) is 23.2 Å². The first-order valence-corrected chi connectivity index (χ1v) is 2.94. The lowest BCUT2D eigenvalue weighted by molar-refractivity contribution is -0.141. The average molecular weight is 183 g/mol. The molecule has 0 aliphatic heterocycles. The zero-order valence-electron chi connectivity index (χ0n) is 4.58. The van der Waals surface area contributed by atoms with Crippen LogP contribution in [-0.4, -0.2) is 23.3 Å². The molecule has 0 aliphatic rings. The molecule has 0 atom stereocenters. The van der Waals surface area contributed by atoms with Gasteiger partial charge >= 0.3 is 5.97 Å². The summed E-state index contributed by atoms with van der Waals surface area (Å²) in [7, 11) is 0. The molecule has 0 fully saturated rings. The average Bonchev–Trinajstić information content (AvgIpc) is 1.88. The fourth-order valence-electron chi connectivity index (χ4n) is 0.140. The summed E-state index contributed by atoms with van der Waals surface area (Å²) in [6, 6.07) is 0. The van der Waals surface area contributed by atoms with Crippen LogP contribution >= 0.6 is 23.2 Å². The van der Waals surface area contributed by atoms with Crippen LogP contribution in [0.5, 0.6) is 0 Å². The molecule has 0 heterocycles. The van der Waals surface area contributed by atoms with Crippen LogP contribution in [0, 0.1) is 0 Å².